The summed E-state index contributed by atoms with van der Waals surface area (Å²) in [7, 11) is 0. The Morgan fingerprint density at radius 1 is 0.319 bits per heavy atom. The van der Waals surface area contributed by atoms with Gasteiger partial charge in [0.05, 0.1) is 18.8 Å². The third-order valence-electron chi connectivity index (χ3n) is 15.6. The van der Waals surface area contributed by atoms with Gasteiger partial charge in [0.2, 0.25) is 5.91 Å². The van der Waals surface area contributed by atoms with Crippen LogP contribution in [0.2, 0.25) is 0 Å². The second kappa shape index (κ2) is 63.9. The Bertz CT molecular complexity index is 1100. The lowest BCUT2D eigenvalue weighted by atomic mass is 10.0. The van der Waals surface area contributed by atoms with Crippen molar-refractivity contribution in [3.05, 3.63) is 36.5 Å². The van der Waals surface area contributed by atoms with E-state index < -0.39 is 12.1 Å². The van der Waals surface area contributed by atoms with E-state index in [2.05, 4.69) is 43.5 Å². The summed E-state index contributed by atoms with van der Waals surface area (Å²) >= 11 is 0. The zero-order valence-corrected chi connectivity index (χ0v) is 49.2. The fourth-order valence-corrected chi connectivity index (χ4v) is 10.6. The Morgan fingerprint density at radius 3 is 0.806 bits per heavy atom. The van der Waals surface area contributed by atoms with Gasteiger partial charge in [-0.1, -0.05) is 359 Å². The molecule has 0 aromatic carbocycles. The SMILES string of the molecule is CCCCCCCCCCC/C=C/CC/C=C/CC/C=C/C(O)C(CO)NC(=O)CCCCCCCCCCCCCCCCCCCCCCCCCCCCCCCCCCCCCCCCCCC. The number of carbonyl (C=O) groups is 1. The van der Waals surface area contributed by atoms with E-state index in [1.807, 2.05) is 6.08 Å². The molecule has 0 saturated carbocycles. The molecule has 0 aliphatic heterocycles. The summed E-state index contributed by atoms with van der Waals surface area (Å²) in [5, 5.41) is 23.2. The zero-order valence-electron chi connectivity index (χ0n) is 49.2. The highest BCUT2D eigenvalue weighted by Gasteiger charge is 2.18. The normalized spacial score (nSPS) is 12.9. The minimum atomic E-state index is -0.869. The third kappa shape index (κ3) is 59.5. The Labute approximate surface area is 452 Å². The first kappa shape index (κ1) is 70.6. The molecule has 0 saturated heterocycles. The minimum absolute atomic E-state index is 0.0709. The van der Waals surface area contributed by atoms with Crippen molar-refractivity contribution in [2.75, 3.05) is 6.61 Å². The van der Waals surface area contributed by atoms with E-state index in [1.165, 1.54) is 315 Å². The monoisotopic (exact) mass is 1010 g/mol. The van der Waals surface area contributed by atoms with Gasteiger partial charge in [-0.2, -0.15) is 0 Å². The number of allylic oxidation sites excluding steroid dienone is 5. The molecule has 4 heteroatoms. The molecule has 0 spiro atoms. The topological polar surface area (TPSA) is 69.6 Å². The second-order valence-corrected chi connectivity index (χ2v) is 22.9. The fraction of sp³-hybridized carbons (Fsp3) is 0.897. The number of aliphatic hydroxyl groups excluding tert-OH is 2. The molecule has 72 heavy (non-hydrogen) atoms. The van der Waals surface area contributed by atoms with E-state index in [4.69, 9.17) is 0 Å². The Hall–Kier alpha value is -1.39. The molecule has 4 nitrogen and oxygen atoms in total. The second-order valence-electron chi connectivity index (χ2n) is 22.9. The van der Waals surface area contributed by atoms with E-state index in [1.54, 1.807) is 6.08 Å². The molecule has 426 valence electrons. The van der Waals surface area contributed by atoms with Gasteiger partial charge in [-0.3, -0.25) is 4.79 Å². The van der Waals surface area contributed by atoms with Crippen LogP contribution < -0.4 is 5.32 Å². The number of hydrogen-bond acceptors (Lipinski definition) is 3. The molecule has 2 atom stereocenters. The quantitative estimate of drug-likeness (QED) is 0.0420. The number of nitrogens with one attached hydrogen (secondary N) is 1. The highest BCUT2D eigenvalue weighted by molar-refractivity contribution is 5.76. The summed E-state index contributed by atoms with van der Waals surface area (Å²) in [6.07, 6.45) is 88.1. The van der Waals surface area contributed by atoms with Gasteiger partial charge in [-0.25, -0.2) is 0 Å². The Balaban J connectivity index is 3.39. The largest absolute Gasteiger partial charge is 0.394 e. The maximum atomic E-state index is 12.5. The first-order valence-electron chi connectivity index (χ1n) is 33.2. The van der Waals surface area contributed by atoms with Crippen molar-refractivity contribution in [2.24, 2.45) is 0 Å². The van der Waals surface area contributed by atoms with Gasteiger partial charge in [0, 0.05) is 6.42 Å². The summed E-state index contributed by atoms with van der Waals surface area (Å²) < 4.78 is 0. The first-order valence-corrected chi connectivity index (χ1v) is 33.2. The molecular formula is C68H131NO3. The summed E-state index contributed by atoms with van der Waals surface area (Å²) in [6, 6.07) is -0.644. The van der Waals surface area contributed by atoms with Crippen molar-refractivity contribution >= 4 is 5.91 Å². The van der Waals surface area contributed by atoms with Crippen LogP contribution in [0.25, 0.3) is 0 Å². The van der Waals surface area contributed by atoms with Crippen LogP contribution in [0.5, 0.6) is 0 Å². The average Bonchev–Trinajstić information content (AvgIpc) is 3.39. The van der Waals surface area contributed by atoms with Crippen molar-refractivity contribution in [3.63, 3.8) is 0 Å². The minimum Gasteiger partial charge on any atom is -0.394 e. The smallest absolute Gasteiger partial charge is 0.220 e. The van der Waals surface area contributed by atoms with Gasteiger partial charge >= 0.3 is 0 Å². The van der Waals surface area contributed by atoms with Gasteiger partial charge < -0.3 is 15.5 Å². The molecule has 0 aliphatic carbocycles. The molecule has 2 unspecified atom stereocenters. The molecule has 3 N–H and O–H groups in total. The number of rotatable bonds is 62. The number of carbonyl (C=O) groups excluding carboxylic acids is 1. The lowest BCUT2D eigenvalue weighted by Crippen LogP contribution is -2.45. The van der Waals surface area contributed by atoms with Crippen molar-refractivity contribution in [1.82, 2.24) is 5.32 Å². The molecule has 0 heterocycles. The first-order chi connectivity index (χ1) is 35.7. The molecule has 0 rings (SSSR count). The van der Waals surface area contributed by atoms with Gasteiger partial charge in [0.15, 0.2) is 0 Å². The van der Waals surface area contributed by atoms with Crippen LogP contribution in [0, 0.1) is 0 Å². The number of hydrogen-bond donors (Lipinski definition) is 3. The maximum absolute atomic E-state index is 12.5. The van der Waals surface area contributed by atoms with E-state index in [0.29, 0.717) is 6.42 Å². The molecule has 0 aromatic heterocycles. The predicted octanol–water partition coefficient (Wildman–Crippen LogP) is 22.4. The van der Waals surface area contributed by atoms with Crippen LogP contribution >= 0.6 is 0 Å². The zero-order chi connectivity index (χ0) is 52.0. The molecule has 0 aliphatic rings. The molecule has 0 aromatic rings. The predicted molar refractivity (Wildman–Crippen MR) is 322 cm³/mol. The number of unbranched alkanes of at least 4 members (excludes halogenated alkanes) is 51. The molecule has 0 bridgehead atoms. The highest BCUT2D eigenvalue weighted by Crippen LogP contribution is 2.19. The lowest BCUT2D eigenvalue weighted by Gasteiger charge is -2.19. The third-order valence-corrected chi connectivity index (χ3v) is 15.6. The Morgan fingerprint density at radius 2 is 0.542 bits per heavy atom. The molecule has 1 amide bonds. The summed E-state index contributed by atoms with van der Waals surface area (Å²) in [4.78, 5) is 12.5. The molecule has 0 radical (unpaired) electrons. The van der Waals surface area contributed by atoms with Gasteiger partial charge in [0.1, 0.15) is 0 Å². The molecular weight excluding hydrogens is 879 g/mol. The lowest BCUT2D eigenvalue weighted by molar-refractivity contribution is -0.123. The maximum Gasteiger partial charge on any atom is 0.220 e. The summed E-state index contributed by atoms with van der Waals surface area (Å²) in [5.41, 5.74) is 0. The van der Waals surface area contributed by atoms with E-state index in [0.717, 1.165) is 38.5 Å². The van der Waals surface area contributed by atoms with Gasteiger partial charge in [-0.05, 0) is 44.9 Å². The van der Waals surface area contributed by atoms with Crippen molar-refractivity contribution in [1.29, 1.82) is 0 Å². The van der Waals surface area contributed by atoms with Crippen LogP contribution in [-0.2, 0) is 4.79 Å². The van der Waals surface area contributed by atoms with E-state index >= 15 is 0 Å². The van der Waals surface area contributed by atoms with E-state index in [-0.39, 0.29) is 12.5 Å². The highest BCUT2D eigenvalue weighted by atomic mass is 16.3. The number of amides is 1. The Kier molecular flexibility index (Phi) is 62.7. The molecule has 0 fully saturated rings. The average molecular weight is 1010 g/mol. The fourth-order valence-electron chi connectivity index (χ4n) is 10.6. The van der Waals surface area contributed by atoms with Crippen LogP contribution in [-0.4, -0.2) is 34.9 Å². The summed E-state index contributed by atoms with van der Waals surface area (Å²) in [6.45, 7) is 4.33. The van der Waals surface area contributed by atoms with Crippen LogP contribution in [0.4, 0.5) is 0 Å². The van der Waals surface area contributed by atoms with Crippen LogP contribution in [0.1, 0.15) is 373 Å². The van der Waals surface area contributed by atoms with Crippen LogP contribution in [0.15, 0.2) is 36.5 Å². The summed E-state index contributed by atoms with van der Waals surface area (Å²) in [5.74, 6) is -0.0709. The van der Waals surface area contributed by atoms with Gasteiger partial charge in [-0.15, -0.1) is 0 Å². The van der Waals surface area contributed by atoms with Crippen molar-refractivity contribution < 1.29 is 15.0 Å². The van der Waals surface area contributed by atoms with E-state index in [9.17, 15) is 15.0 Å². The van der Waals surface area contributed by atoms with Gasteiger partial charge in [0.25, 0.3) is 0 Å². The van der Waals surface area contributed by atoms with Crippen LogP contribution in [0.3, 0.4) is 0 Å². The van der Waals surface area contributed by atoms with Crippen molar-refractivity contribution in [2.45, 2.75) is 386 Å². The van der Waals surface area contributed by atoms with Crippen molar-refractivity contribution in [3.8, 4) is 0 Å². The standard InChI is InChI=1S/C68H131NO3/c1-3-5-7-9-11-13-15-17-19-21-23-24-25-26-27-28-29-30-31-32-33-34-35-36-37-38-39-40-41-42-43-44-46-48-50-52-54-56-58-60-62-64-68(72)69-66(65-70)67(71)63-61-59-57-55-53-51-49-47-45-22-20-18-16-14-12-10-8-6-4-2/h45,47,53,55,61,63,66-67,70-71H,3-44,46,48-52,54,56-60,62,64-65H2,1-2H3,(H,69,72)/b47-45+,55-53+,63-61+. The number of aliphatic hydroxyl groups is 2.